The van der Waals surface area contributed by atoms with E-state index in [0.29, 0.717) is 18.8 Å². The summed E-state index contributed by atoms with van der Waals surface area (Å²) in [6, 6.07) is 6.28. The third-order valence-electron chi connectivity index (χ3n) is 4.65. The van der Waals surface area contributed by atoms with Gasteiger partial charge < -0.3 is 10.2 Å². The van der Waals surface area contributed by atoms with Crippen molar-refractivity contribution in [1.29, 1.82) is 0 Å². The van der Waals surface area contributed by atoms with Gasteiger partial charge >= 0.3 is 0 Å². The number of nitrogens with zero attached hydrogens (tertiary/aromatic N) is 3. The molecule has 1 aromatic carbocycles. The lowest BCUT2D eigenvalue weighted by Gasteiger charge is -2.18. The van der Waals surface area contributed by atoms with Crippen LogP contribution in [0.15, 0.2) is 29.8 Å². The highest BCUT2D eigenvalue weighted by molar-refractivity contribution is 7.15. The smallest absolute Gasteiger partial charge is 0.272 e. The molecule has 0 atom stereocenters. The van der Waals surface area contributed by atoms with Gasteiger partial charge in [-0.15, -0.1) is 11.3 Å². The Labute approximate surface area is 155 Å². The third-order valence-corrected chi connectivity index (χ3v) is 5.49. The van der Waals surface area contributed by atoms with Crippen LogP contribution in [0, 0.1) is 13.8 Å². The second-order valence-corrected chi connectivity index (χ2v) is 7.48. The van der Waals surface area contributed by atoms with Crippen molar-refractivity contribution in [1.82, 2.24) is 19.6 Å². The molecule has 134 valence electrons. The van der Waals surface area contributed by atoms with Gasteiger partial charge in [-0.1, -0.05) is 17.7 Å². The van der Waals surface area contributed by atoms with Crippen molar-refractivity contribution >= 4 is 28.1 Å². The number of aryl methyl sites for hydroxylation is 2. The number of thiazole rings is 1. The summed E-state index contributed by atoms with van der Waals surface area (Å²) in [5.41, 5.74) is 4.82. The predicted molar refractivity (Wildman–Crippen MR) is 102 cm³/mol. The molecule has 4 rings (SSSR count). The summed E-state index contributed by atoms with van der Waals surface area (Å²) in [5, 5.41) is 4.62. The number of carbonyl (C=O) groups excluding carboxylic acids is 2. The van der Waals surface area contributed by atoms with Gasteiger partial charge in [0, 0.05) is 30.2 Å². The Bertz CT molecular complexity index is 1000. The fourth-order valence-corrected chi connectivity index (χ4v) is 4.07. The maximum Gasteiger partial charge on any atom is 0.272 e. The topological polar surface area (TPSA) is 66.7 Å². The Kier molecular flexibility index (Phi) is 4.24. The van der Waals surface area contributed by atoms with Gasteiger partial charge in [-0.05, 0) is 31.9 Å². The van der Waals surface area contributed by atoms with E-state index in [1.54, 1.807) is 4.90 Å². The second kappa shape index (κ2) is 6.57. The number of nitrogens with one attached hydrogen (secondary N) is 1. The van der Waals surface area contributed by atoms with Crippen LogP contribution in [0.3, 0.4) is 0 Å². The lowest BCUT2D eigenvalue weighted by molar-refractivity contribution is -0.121. The number of fused-ring (bicyclic) bond motifs is 1. The minimum atomic E-state index is -0.127. The van der Waals surface area contributed by atoms with Crippen molar-refractivity contribution in [2.24, 2.45) is 0 Å². The highest BCUT2D eigenvalue weighted by Gasteiger charge is 2.24. The van der Waals surface area contributed by atoms with E-state index in [0.717, 1.165) is 28.2 Å². The van der Waals surface area contributed by atoms with Crippen molar-refractivity contribution in [3.05, 3.63) is 46.6 Å². The van der Waals surface area contributed by atoms with Gasteiger partial charge in [0.1, 0.15) is 5.69 Å². The maximum atomic E-state index is 12.9. The average Bonchev–Trinajstić information content (AvgIpc) is 3.12. The van der Waals surface area contributed by atoms with Crippen molar-refractivity contribution in [2.45, 2.75) is 20.3 Å². The Hall–Kier alpha value is -2.67. The van der Waals surface area contributed by atoms with Crippen LogP contribution in [0.4, 0.5) is 0 Å². The molecular formula is C19H20N4O2S. The first-order valence-corrected chi connectivity index (χ1v) is 9.51. The van der Waals surface area contributed by atoms with E-state index in [-0.39, 0.29) is 18.4 Å². The molecule has 7 heteroatoms. The van der Waals surface area contributed by atoms with E-state index < -0.39 is 0 Å². The molecule has 0 bridgehead atoms. The van der Waals surface area contributed by atoms with Crippen LogP contribution in [-0.4, -0.2) is 45.7 Å². The molecule has 3 heterocycles. The molecule has 0 spiro atoms. The molecule has 6 nitrogen and oxygen atoms in total. The Morgan fingerprint density at radius 2 is 2.15 bits per heavy atom. The number of benzene rings is 1. The summed E-state index contributed by atoms with van der Waals surface area (Å²) in [5.74, 6) is -0.234. The molecular weight excluding hydrogens is 348 g/mol. The fraction of sp³-hybridized carbons (Fsp3) is 0.316. The number of hydrogen-bond acceptors (Lipinski definition) is 4. The van der Waals surface area contributed by atoms with Gasteiger partial charge in [-0.25, -0.2) is 4.98 Å². The summed E-state index contributed by atoms with van der Waals surface area (Å²) in [6.45, 7) is 5.41. The molecule has 1 saturated heterocycles. The van der Waals surface area contributed by atoms with Crippen molar-refractivity contribution < 1.29 is 9.59 Å². The molecule has 0 unspecified atom stereocenters. The molecule has 1 fully saturated rings. The van der Waals surface area contributed by atoms with Gasteiger partial charge in [0.15, 0.2) is 4.96 Å². The molecule has 2 aromatic heterocycles. The number of hydrogen-bond donors (Lipinski definition) is 1. The SMILES string of the molecule is Cc1ccc(C)c(-c2cn3c(C(=O)N4CCCNC(=O)C4)csc3n2)c1. The number of rotatable bonds is 2. The number of carbonyl (C=O) groups is 2. The van der Waals surface area contributed by atoms with Crippen molar-refractivity contribution in [2.75, 3.05) is 19.6 Å². The zero-order valence-electron chi connectivity index (χ0n) is 14.8. The number of imidazole rings is 1. The molecule has 0 saturated carbocycles. The van der Waals surface area contributed by atoms with Gasteiger partial charge in [0.2, 0.25) is 5.91 Å². The highest BCUT2D eigenvalue weighted by Crippen LogP contribution is 2.27. The standard InChI is InChI=1S/C19H20N4O2S/c1-12-4-5-13(2)14(8-12)15-9-23-16(11-26-19(23)21-15)18(25)22-7-3-6-20-17(24)10-22/h4-5,8-9,11H,3,6-7,10H2,1-2H3,(H,20,24). The van der Waals surface area contributed by atoms with Crippen LogP contribution in [0.1, 0.15) is 28.0 Å². The van der Waals surface area contributed by atoms with Gasteiger partial charge in [-0.2, -0.15) is 0 Å². The first-order valence-electron chi connectivity index (χ1n) is 8.63. The van der Waals surface area contributed by atoms with Gasteiger partial charge in [0.25, 0.3) is 5.91 Å². The zero-order chi connectivity index (χ0) is 18.3. The molecule has 1 N–H and O–H groups in total. The van der Waals surface area contributed by atoms with Crippen LogP contribution in [-0.2, 0) is 4.79 Å². The molecule has 0 aliphatic carbocycles. The minimum Gasteiger partial charge on any atom is -0.354 e. The monoisotopic (exact) mass is 368 g/mol. The lowest BCUT2D eigenvalue weighted by atomic mass is 10.0. The molecule has 26 heavy (non-hydrogen) atoms. The van der Waals surface area contributed by atoms with Gasteiger partial charge in [0.05, 0.1) is 12.2 Å². The summed E-state index contributed by atoms with van der Waals surface area (Å²) >= 11 is 1.44. The van der Waals surface area contributed by atoms with E-state index in [2.05, 4.69) is 37.4 Å². The number of amides is 2. The predicted octanol–water partition coefficient (Wildman–Crippen LogP) is 2.64. The second-order valence-electron chi connectivity index (χ2n) is 6.65. The van der Waals surface area contributed by atoms with E-state index in [9.17, 15) is 9.59 Å². The normalized spacial score (nSPS) is 15.2. The van der Waals surface area contributed by atoms with Crippen LogP contribution in [0.2, 0.25) is 0 Å². The fourth-order valence-electron chi connectivity index (χ4n) is 3.22. The highest BCUT2D eigenvalue weighted by atomic mass is 32.1. The van der Waals surface area contributed by atoms with Gasteiger partial charge in [-0.3, -0.25) is 14.0 Å². The molecule has 2 amide bonds. The summed E-state index contributed by atoms with van der Waals surface area (Å²) < 4.78 is 1.84. The van der Waals surface area contributed by atoms with Crippen LogP contribution >= 0.6 is 11.3 Å². The first-order chi connectivity index (χ1) is 12.5. The Morgan fingerprint density at radius 1 is 1.31 bits per heavy atom. The Morgan fingerprint density at radius 3 is 3.00 bits per heavy atom. The number of aromatic nitrogens is 2. The minimum absolute atomic E-state index is 0.106. The average molecular weight is 368 g/mol. The van der Waals surface area contributed by atoms with E-state index in [1.807, 2.05) is 16.0 Å². The van der Waals surface area contributed by atoms with Crippen molar-refractivity contribution in [3.63, 3.8) is 0 Å². The maximum absolute atomic E-state index is 12.9. The Balaban J connectivity index is 1.71. The van der Waals surface area contributed by atoms with Crippen molar-refractivity contribution in [3.8, 4) is 11.3 Å². The summed E-state index contributed by atoms with van der Waals surface area (Å²) in [4.78, 5) is 31.8. The quantitative estimate of drug-likeness (QED) is 0.756. The molecule has 1 aliphatic rings. The van der Waals surface area contributed by atoms with E-state index in [4.69, 9.17) is 4.98 Å². The molecule has 1 aliphatic heterocycles. The summed E-state index contributed by atoms with van der Waals surface area (Å²) in [7, 11) is 0. The third kappa shape index (κ3) is 2.99. The van der Waals surface area contributed by atoms with Crippen LogP contribution in [0.5, 0.6) is 0 Å². The first kappa shape index (κ1) is 16.8. The van der Waals surface area contributed by atoms with Crippen LogP contribution in [0.25, 0.3) is 16.2 Å². The largest absolute Gasteiger partial charge is 0.354 e. The zero-order valence-corrected chi connectivity index (χ0v) is 15.6. The van der Waals surface area contributed by atoms with E-state index in [1.165, 1.54) is 16.9 Å². The molecule has 0 radical (unpaired) electrons. The molecule has 3 aromatic rings. The lowest BCUT2D eigenvalue weighted by Crippen LogP contribution is -2.37. The van der Waals surface area contributed by atoms with Crippen LogP contribution < -0.4 is 5.32 Å². The summed E-state index contributed by atoms with van der Waals surface area (Å²) in [6.07, 6.45) is 2.68. The van der Waals surface area contributed by atoms with E-state index >= 15 is 0 Å².